The monoisotopic (exact) mass is 284 g/mol. The van der Waals surface area contributed by atoms with E-state index in [1.165, 1.54) is 5.56 Å². The van der Waals surface area contributed by atoms with E-state index in [4.69, 9.17) is 11.5 Å². The molecule has 0 aliphatic heterocycles. The highest BCUT2D eigenvalue weighted by atomic mass is 16.3. The number of aliphatic hydroxyl groups is 1. The summed E-state index contributed by atoms with van der Waals surface area (Å²) in [5.41, 5.74) is 14.5. The Hall–Kier alpha value is -1.68. The fourth-order valence-electron chi connectivity index (χ4n) is 2.58. The third kappa shape index (κ3) is 5.31. The lowest BCUT2D eigenvalue weighted by atomic mass is 9.95. The van der Waals surface area contributed by atoms with Crippen LogP contribution in [-0.2, 0) is 6.42 Å². The van der Waals surface area contributed by atoms with Gasteiger partial charge in [-0.1, -0.05) is 60.7 Å². The fourth-order valence-corrected chi connectivity index (χ4v) is 2.58. The largest absolute Gasteiger partial charge is 0.393 e. The summed E-state index contributed by atoms with van der Waals surface area (Å²) in [5.74, 6) is 0. The van der Waals surface area contributed by atoms with E-state index in [1.807, 2.05) is 48.5 Å². The molecular weight excluding hydrogens is 260 g/mol. The van der Waals surface area contributed by atoms with Crippen LogP contribution in [0, 0.1) is 0 Å². The number of rotatable bonds is 7. The first kappa shape index (κ1) is 15.7. The van der Waals surface area contributed by atoms with Crippen LogP contribution in [0.15, 0.2) is 60.7 Å². The first-order chi connectivity index (χ1) is 10.1. The minimum atomic E-state index is -0.473. The minimum absolute atomic E-state index is 0.0506. The van der Waals surface area contributed by atoms with Gasteiger partial charge in [0.1, 0.15) is 0 Å². The van der Waals surface area contributed by atoms with Crippen molar-refractivity contribution in [2.24, 2.45) is 11.5 Å². The molecule has 3 unspecified atom stereocenters. The summed E-state index contributed by atoms with van der Waals surface area (Å²) in [7, 11) is 0. The van der Waals surface area contributed by atoms with E-state index >= 15 is 0 Å². The molecule has 0 fully saturated rings. The van der Waals surface area contributed by atoms with Crippen LogP contribution in [-0.4, -0.2) is 17.3 Å². The Labute approximate surface area is 126 Å². The molecule has 0 aliphatic carbocycles. The fraction of sp³-hybridized carbons (Fsp3) is 0.333. The number of benzene rings is 2. The highest BCUT2D eigenvalue weighted by molar-refractivity contribution is 5.18. The molecule has 0 saturated carbocycles. The van der Waals surface area contributed by atoms with Gasteiger partial charge in [0.05, 0.1) is 6.10 Å². The van der Waals surface area contributed by atoms with E-state index in [0.29, 0.717) is 12.8 Å². The minimum Gasteiger partial charge on any atom is -0.393 e. The summed E-state index contributed by atoms with van der Waals surface area (Å²) in [6, 6.07) is 19.8. The van der Waals surface area contributed by atoms with Crippen molar-refractivity contribution >= 4 is 0 Å². The lowest BCUT2D eigenvalue weighted by molar-refractivity contribution is 0.137. The molecule has 3 nitrogen and oxygen atoms in total. The number of hydrogen-bond donors (Lipinski definition) is 3. The molecule has 0 bridgehead atoms. The summed E-state index contributed by atoms with van der Waals surface area (Å²) >= 11 is 0. The Morgan fingerprint density at radius 2 is 1.38 bits per heavy atom. The lowest BCUT2D eigenvalue weighted by Crippen LogP contribution is -2.30. The molecular formula is C18H24N2O. The van der Waals surface area contributed by atoms with Crippen LogP contribution in [0.4, 0.5) is 0 Å². The van der Waals surface area contributed by atoms with Gasteiger partial charge >= 0.3 is 0 Å². The molecule has 112 valence electrons. The lowest BCUT2D eigenvalue weighted by Gasteiger charge is -2.20. The molecule has 0 aliphatic rings. The Morgan fingerprint density at radius 1 is 0.810 bits per heavy atom. The summed E-state index contributed by atoms with van der Waals surface area (Å²) in [4.78, 5) is 0. The zero-order chi connectivity index (χ0) is 15.1. The number of nitrogens with two attached hydrogens (primary N) is 2. The third-order valence-corrected chi connectivity index (χ3v) is 3.67. The Bertz CT molecular complexity index is 515. The van der Waals surface area contributed by atoms with Crippen molar-refractivity contribution in [3.05, 3.63) is 71.8 Å². The van der Waals surface area contributed by atoms with Gasteiger partial charge in [0.15, 0.2) is 0 Å². The highest BCUT2D eigenvalue weighted by Gasteiger charge is 2.16. The third-order valence-electron chi connectivity index (χ3n) is 3.67. The van der Waals surface area contributed by atoms with Crippen molar-refractivity contribution in [3.8, 4) is 0 Å². The van der Waals surface area contributed by atoms with Crippen molar-refractivity contribution in [2.45, 2.75) is 37.5 Å². The Balaban J connectivity index is 1.80. The van der Waals surface area contributed by atoms with Gasteiger partial charge in [-0.25, -0.2) is 0 Å². The van der Waals surface area contributed by atoms with E-state index in [1.54, 1.807) is 0 Å². The Kier molecular flexibility index (Phi) is 5.93. The molecule has 2 rings (SSSR count). The predicted octanol–water partition coefficient (Wildman–Crippen LogP) is 2.40. The average molecular weight is 284 g/mol. The second kappa shape index (κ2) is 7.93. The van der Waals surface area contributed by atoms with Gasteiger partial charge in [0.2, 0.25) is 0 Å². The van der Waals surface area contributed by atoms with Crippen LogP contribution in [0.5, 0.6) is 0 Å². The van der Waals surface area contributed by atoms with Crippen LogP contribution >= 0.6 is 0 Å². The van der Waals surface area contributed by atoms with Gasteiger partial charge in [-0.2, -0.15) is 0 Å². The van der Waals surface area contributed by atoms with Crippen LogP contribution in [0.1, 0.15) is 30.0 Å². The molecule has 0 radical (unpaired) electrons. The molecule has 5 N–H and O–H groups in total. The number of hydrogen-bond acceptors (Lipinski definition) is 3. The SMILES string of the molecule is NC(Cc1ccccc1)CC(O)CC(N)c1ccccc1. The molecule has 0 aromatic heterocycles. The molecule has 0 spiro atoms. The summed E-state index contributed by atoms with van der Waals surface area (Å²) in [6.07, 6.45) is 1.40. The zero-order valence-corrected chi connectivity index (χ0v) is 12.2. The molecule has 3 atom stereocenters. The van der Waals surface area contributed by atoms with Crippen molar-refractivity contribution in [1.29, 1.82) is 0 Å². The molecule has 2 aromatic rings. The van der Waals surface area contributed by atoms with Crippen molar-refractivity contribution in [2.75, 3.05) is 0 Å². The summed E-state index contributed by atoms with van der Waals surface area (Å²) < 4.78 is 0. The summed E-state index contributed by atoms with van der Waals surface area (Å²) in [5, 5.41) is 10.2. The van der Waals surface area contributed by atoms with Crippen LogP contribution in [0.2, 0.25) is 0 Å². The maximum atomic E-state index is 10.2. The van der Waals surface area contributed by atoms with Gasteiger partial charge < -0.3 is 16.6 Å². The Morgan fingerprint density at radius 3 is 2.00 bits per heavy atom. The van der Waals surface area contributed by atoms with Crippen LogP contribution in [0.25, 0.3) is 0 Å². The summed E-state index contributed by atoms with van der Waals surface area (Å²) in [6.45, 7) is 0. The van der Waals surface area contributed by atoms with Gasteiger partial charge in [-0.3, -0.25) is 0 Å². The maximum Gasteiger partial charge on any atom is 0.0573 e. The van der Waals surface area contributed by atoms with E-state index in [-0.39, 0.29) is 12.1 Å². The standard InChI is InChI=1S/C18H24N2O/c19-16(11-14-7-3-1-4-8-14)12-17(21)13-18(20)15-9-5-2-6-10-15/h1-10,16-18,21H,11-13,19-20H2. The van der Waals surface area contributed by atoms with Crippen LogP contribution in [0.3, 0.4) is 0 Å². The van der Waals surface area contributed by atoms with E-state index in [9.17, 15) is 5.11 Å². The van der Waals surface area contributed by atoms with E-state index < -0.39 is 6.10 Å². The highest BCUT2D eigenvalue weighted by Crippen LogP contribution is 2.18. The van der Waals surface area contributed by atoms with Crippen molar-refractivity contribution < 1.29 is 5.11 Å². The molecule has 21 heavy (non-hydrogen) atoms. The zero-order valence-electron chi connectivity index (χ0n) is 12.2. The second-order valence-electron chi connectivity index (χ2n) is 5.59. The van der Waals surface area contributed by atoms with Gasteiger partial charge in [-0.05, 0) is 30.4 Å². The smallest absolute Gasteiger partial charge is 0.0573 e. The molecule has 0 saturated heterocycles. The van der Waals surface area contributed by atoms with Gasteiger partial charge in [0.25, 0.3) is 0 Å². The quantitative estimate of drug-likeness (QED) is 0.731. The second-order valence-corrected chi connectivity index (χ2v) is 5.59. The normalized spacial score (nSPS) is 15.4. The predicted molar refractivity (Wildman–Crippen MR) is 86.7 cm³/mol. The number of aliphatic hydroxyl groups excluding tert-OH is 1. The van der Waals surface area contributed by atoms with E-state index in [0.717, 1.165) is 12.0 Å². The first-order valence-electron chi connectivity index (χ1n) is 7.43. The maximum absolute atomic E-state index is 10.2. The topological polar surface area (TPSA) is 72.3 Å². The van der Waals surface area contributed by atoms with Crippen molar-refractivity contribution in [1.82, 2.24) is 0 Å². The van der Waals surface area contributed by atoms with Crippen molar-refractivity contribution in [3.63, 3.8) is 0 Å². The molecule has 0 amide bonds. The van der Waals surface area contributed by atoms with Gasteiger partial charge in [-0.15, -0.1) is 0 Å². The molecule has 3 heteroatoms. The van der Waals surface area contributed by atoms with Gasteiger partial charge in [0, 0.05) is 12.1 Å². The first-order valence-corrected chi connectivity index (χ1v) is 7.43. The molecule has 2 aromatic carbocycles. The van der Waals surface area contributed by atoms with E-state index in [2.05, 4.69) is 12.1 Å². The average Bonchev–Trinajstić information content (AvgIpc) is 2.48. The molecule has 0 heterocycles. The van der Waals surface area contributed by atoms with Crippen LogP contribution < -0.4 is 11.5 Å².